The van der Waals surface area contributed by atoms with Crippen molar-refractivity contribution < 1.29 is 13.9 Å². The van der Waals surface area contributed by atoms with E-state index in [-0.39, 0.29) is 22.8 Å². The summed E-state index contributed by atoms with van der Waals surface area (Å²) in [4.78, 5) is 31.8. The van der Waals surface area contributed by atoms with Crippen molar-refractivity contribution in [1.82, 2.24) is 14.9 Å². The number of thiophene rings is 1. The molecule has 5 rings (SSSR count). The zero-order valence-electron chi connectivity index (χ0n) is 18.3. The lowest BCUT2D eigenvalue weighted by molar-refractivity contribution is -0.118. The van der Waals surface area contributed by atoms with E-state index in [4.69, 9.17) is 14.1 Å². The summed E-state index contributed by atoms with van der Waals surface area (Å²) in [6.07, 6.45) is 0. The van der Waals surface area contributed by atoms with Crippen molar-refractivity contribution in [3.63, 3.8) is 0 Å². The Balaban J connectivity index is 1.42. The number of aromatic nitrogens is 2. The maximum atomic E-state index is 13.4. The van der Waals surface area contributed by atoms with E-state index in [1.54, 1.807) is 23.0 Å². The van der Waals surface area contributed by atoms with E-state index in [1.165, 1.54) is 11.8 Å². The summed E-state index contributed by atoms with van der Waals surface area (Å²) in [7, 11) is 1.60. The third-order valence-electron chi connectivity index (χ3n) is 5.34. The molecule has 34 heavy (non-hydrogen) atoms. The minimum absolute atomic E-state index is 0.118. The molecule has 0 aliphatic heterocycles. The molecule has 3 heterocycles. The van der Waals surface area contributed by atoms with Gasteiger partial charge in [-0.25, -0.2) is 4.98 Å². The standard InChI is InChI=1S/C25H21N3O4S2/c1-31-19-10-4-2-7-16(19)13-26-21(29)15-34-25-27-22-18-9-3-5-11-20(18)32-23(22)24(30)28(25)14-17-8-6-12-33-17/h2-12H,13-15H2,1H3,(H,26,29). The van der Waals surface area contributed by atoms with Gasteiger partial charge in [-0.1, -0.05) is 48.2 Å². The molecule has 7 nitrogen and oxygen atoms in total. The van der Waals surface area contributed by atoms with Crippen LogP contribution in [-0.4, -0.2) is 28.3 Å². The molecule has 0 bridgehead atoms. The third kappa shape index (κ3) is 4.44. The molecule has 0 aliphatic rings. The fourth-order valence-corrected chi connectivity index (χ4v) is 5.20. The summed E-state index contributed by atoms with van der Waals surface area (Å²) in [5.74, 6) is 0.678. The van der Waals surface area contributed by atoms with E-state index in [1.807, 2.05) is 66.0 Å². The summed E-state index contributed by atoms with van der Waals surface area (Å²) >= 11 is 2.80. The lowest BCUT2D eigenvalue weighted by Crippen LogP contribution is -2.27. The van der Waals surface area contributed by atoms with Crippen LogP contribution in [0, 0.1) is 0 Å². The molecule has 1 N–H and O–H groups in total. The number of carbonyl (C=O) groups is 1. The molecule has 0 radical (unpaired) electrons. The summed E-state index contributed by atoms with van der Waals surface area (Å²) in [6, 6.07) is 18.9. The molecule has 0 aliphatic carbocycles. The largest absolute Gasteiger partial charge is 0.496 e. The van der Waals surface area contributed by atoms with Crippen LogP contribution in [-0.2, 0) is 17.9 Å². The Bertz CT molecular complexity index is 1520. The van der Waals surface area contributed by atoms with Gasteiger partial charge in [0.25, 0.3) is 5.56 Å². The first-order valence-corrected chi connectivity index (χ1v) is 12.5. The molecule has 9 heteroatoms. The number of fused-ring (bicyclic) bond motifs is 3. The Kier molecular flexibility index (Phi) is 6.37. The highest BCUT2D eigenvalue weighted by molar-refractivity contribution is 7.99. The van der Waals surface area contributed by atoms with Crippen LogP contribution >= 0.6 is 23.1 Å². The Labute approximate surface area is 203 Å². The molecule has 5 aromatic rings. The molecule has 1 amide bonds. The average molecular weight is 492 g/mol. The monoisotopic (exact) mass is 491 g/mol. The SMILES string of the molecule is COc1ccccc1CNC(=O)CSc1nc2c(oc3ccccc32)c(=O)n1Cc1cccs1. The van der Waals surface area contributed by atoms with E-state index >= 15 is 0 Å². The number of ether oxygens (including phenoxy) is 1. The van der Waals surface area contributed by atoms with Crippen LogP contribution in [0.4, 0.5) is 0 Å². The van der Waals surface area contributed by atoms with Gasteiger partial charge in [-0.3, -0.25) is 14.2 Å². The molecule has 3 aromatic heterocycles. The van der Waals surface area contributed by atoms with Crippen molar-refractivity contribution >= 4 is 51.1 Å². The molecule has 0 atom stereocenters. The smallest absolute Gasteiger partial charge is 0.298 e. The fraction of sp³-hybridized carbons (Fsp3) is 0.160. The number of nitrogens with one attached hydrogen (secondary N) is 1. The van der Waals surface area contributed by atoms with Gasteiger partial charge in [-0.2, -0.15) is 0 Å². The molecule has 0 spiro atoms. The number of rotatable bonds is 8. The second kappa shape index (κ2) is 9.74. The number of nitrogens with zero attached hydrogens (tertiary/aromatic N) is 2. The van der Waals surface area contributed by atoms with Crippen molar-refractivity contribution in [1.29, 1.82) is 0 Å². The summed E-state index contributed by atoms with van der Waals surface area (Å²) in [5, 5.41) is 6.13. The third-order valence-corrected chi connectivity index (χ3v) is 7.18. The minimum atomic E-state index is -0.258. The highest BCUT2D eigenvalue weighted by Gasteiger charge is 2.19. The molecular weight excluding hydrogens is 470 g/mol. The van der Waals surface area contributed by atoms with Crippen LogP contribution in [0.3, 0.4) is 0 Å². The lowest BCUT2D eigenvalue weighted by Gasteiger charge is -2.12. The normalized spacial score (nSPS) is 11.2. The number of benzene rings is 2. The van der Waals surface area contributed by atoms with Gasteiger partial charge >= 0.3 is 0 Å². The van der Waals surface area contributed by atoms with Gasteiger partial charge in [-0.15, -0.1) is 11.3 Å². The highest BCUT2D eigenvalue weighted by atomic mass is 32.2. The zero-order valence-corrected chi connectivity index (χ0v) is 19.9. The number of amides is 1. The van der Waals surface area contributed by atoms with Crippen LogP contribution in [0.2, 0.25) is 0 Å². The van der Waals surface area contributed by atoms with Crippen LogP contribution in [0.5, 0.6) is 5.75 Å². The van der Waals surface area contributed by atoms with Crippen molar-refractivity contribution in [2.24, 2.45) is 0 Å². The van der Waals surface area contributed by atoms with E-state index < -0.39 is 0 Å². The van der Waals surface area contributed by atoms with E-state index in [0.29, 0.717) is 29.3 Å². The Hall–Kier alpha value is -3.56. The molecule has 0 saturated heterocycles. The topological polar surface area (TPSA) is 86.4 Å². The van der Waals surface area contributed by atoms with Gasteiger partial charge in [0.2, 0.25) is 11.5 Å². The summed E-state index contributed by atoms with van der Waals surface area (Å²) in [5.41, 5.74) is 1.98. The fourth-order valence-electron chi connectivity index (χ4n) is 3.69. The number of carbonyl (C=O) groups excluding carboxylic acids is 1. The Morgan fingerprint density at radius 1 is 1.15 bits per heavy atom. The highest BCUT2D eigenvalue weighted by Crippen LogP contribution is 2.28. The number of hydrogen-bond donors (Lipinski definition) is 1. The Morgan fingerprint density at radius 2 is 1.97 bits per heavy atom. The number of para-hydroxylation sites is 2. The molecule has 0 unspecified atom stereocenters. The number of methoxy groups -OCH3 is 1. The molecule has 0 fully saturated rings. The van der Waals surface area contributed by atoms with E-state index in [9.17, 15) is 9.59 Å². The van der Waals surface area contributed by atoms with Gasteiger partial charge < -0.3 is 14.5 Å². The van der Waals surface area contributed by atoms with Crippen LogP contribution < -0.4 is 15.6 Å². The second-order valence-electron chi connectivity index (χ2n) is 7.52. The van der Waals surface area contributed by atoms with Gasteiger partial charge in [-0.05, 0) is 29.6 Å². The average Bonchev–Trinajstić information content (AvgIpc) is 3.51. The Morgan fingerprint density at radius 3 is 2.79 bits per heavy atom. The van der Waals surface area contributed by atoms with Gasteiger partial charge in [0.05, 0.1) is 19.4 Å². The molecular formula is C25H21N3O4S2. The molecule has 172 valence electrons. The minimum Gasteiger partial charge on any atom is -0.496 e. The summed E-state index contributed by atoms with van der Waals surface area (Å²) in [6.45, 7) is 0.714. The number of furan rings is 1. The van der Waals surface area contributed by atoms with Crippen molar-refractivity contribution in [3.8, 4) is 5.75 Å². The zero-order chi connectivity index (χ0) is 23.5. The van der Waals surface area contributed by atoms with Crippen molar-refractivity contribution in [2.75, 3.05) is 12.9 Å². The van der Waals surface area contributed by atoms with Crippen molar-refractivity contribution in [2.45, 2.75) is 18.2 Å². The lowest BCUT2D eigenvalue weighted by atomic mass is 10.2. The van der Waals surface area contributed by atoms with Gasteiger partial charge in [0, 0.05) is 22.4 Å². The van der Waals surface area contributed by atoms with Crippen LogP contribution in [0.15, 0.2) is 80.4 Å². The predicted molar refractivity (Wildman–Crippen MR) is 135 cm³/mol. The van der Waals surface area contributed by atoms with Crippen LogP contribution in [0.1, 0.15) is 10.4 Å². The van der Waals surface area contributed by atoms with Crippen molar-refractivity contribution in [3.05, 3.63) is 86.8 Å². The molecule has 0 saturated carbocycles. The first-order chi connectivity index (χ1) is 16.6. The second-order valence-corrected chi connectivity index (χ2v) is 9.49. The first kappa shape index (κ1) is 22.2. The van der Waals surface area contributed by atoms with Crippen LogP contribution in [0.25, 0.3) is 22.1 Å². The molecule has 2 aromatic carbocycles. The maximum Gasteiger partial charge on any atom is 0.298 e. The quantitative estimate of drug-likeness (QED) is 0.251. The van der Waals surface area contributed by atoms with E-state index in [0.717, 1.165) is 21.6 Å². The van der Waals surface area contributed by atoms with E-state index in [2.05, 4.69) is 5.32 Å². The first-order valence-electron chi connectivity index (χ1n) is 10.6. The number of hydrogen-bond acceptors (Lipinski definition) is 7. The van der Waals surface area contributed by atoms with Gasteiger partial charge in [0.1, 0.15) is 16.8 Å². The predicted octanol–water partition coefficient (Wildman–Crippen LogP) is 4.67. The number of thioether (sulfide) groups is 1. The summed E-state index contributed by atoms with van der Waals surface area (Å²) < 4.78 is 12.8. The van der Waals surface area contributed by atoms with Gasteiger partial charge in [0.15, 0.2) is 5.16 Å². The maximum absolute atomic E-state index is 13.4.